The first-order chi connectivity index (χ1) is 15.1. The normalized spacial score (nSPS) is 24.1. The molecule has 0 spiro atoms. The second-order valence-electron chi connectivity index (χ2n) is 8.38. The summed E-state index contributed by atoms with van der Waals surface area (Å²) in [5, 5.41) is 13.9. The van der Waals surface area contributed by atoms with Gasteiger partial charge in [0, 0.05) is 43.9 Å². The van der Waals surface area contributed by atoms with E-state index in [4.69, 9.17) is 14.6 Å². The van der Waals surface area contributed by atoms with E-state index in [0.29, 0.717) is 0 Å². The number of pyridine rings is 1. The van der Waals surface area contributed by atoms with Crippen molar-refractivity contribution in [3.63, 3.8) is 0 Å². The highest BCUT2D eigenvalue weighted by Gasteiger charge is 2.28. The highest BCUT2D eigenvalue weighted by Crippen LogP contribution is 2.22. The Hall–Kier alpha value is -2.02. The zero-order chi connectivity index (χ0) is 22.2. The number of ether oxygens (including phenoxy) is 1. The van der Waals surface area contributed by atoms with Crippen molar-refractivity contribution >= 4 is 5.71 Å². The van der Waals surface area contributed by atoms with Gasteiger partial charge in [0.2, 0.25) is 0 Å². The van der Waals surface area contributed by atoms with Crippen LogP contribution in [0.25, 0.3) is 0 Å². The SMILES string of the molecule is C=CC[C@@H]1C=C[C@H](ON=C(C)CCN2CCc3nc(CC)c(CC)cc3C2)[C@@H](CO)O1. The molecule has 0 bridgehead atoms. The van der Waals surface area contributed by atoms with Crippen LogP contribution in [-0.4, -0.2) is 58.7 Å². The summed E-state index contributed by atoms with van der Waals surface area (Å²) in [6.07, 6.45) is 9.48. The van der Waals surface area contributed by atoms with E-state index >= 15 is 0 Å². The van der Waals surface area contributed by atoms with E-state index in [1.807, 2.05) is 25.2 Å². The predicted octanol–water partition coefficient (Wildman–Crippen LogP) is 3.61. The molecule has 3 heterocycles. The van der Waals surface area contributed by atoms with E-state index < -0.39 is 6.10 Å². The van der Waals surface area contributed by atoms with Crippen molar-refractivity contribution in [2.45, 2.75) is 77.7 Å². The number of aliphatic hydroxyl groups excluding tert-OH is 1. The molecular formula is C25H37N3O3. The van der Waals surface area contributed by atoms with Crippen molar-refractivity contribution < 1.29 is 14.7 Å². The van der Waals surface area contributed by atoms with Crippen molar-refractivity contribution in [1.82, 2.24) is 9.88 Å². The number of hydrogen-bond donors (Lipinski definition) is 1. The van der Waals surface area contributed by atoms with Crippen molar-refractivity contribution in [3.8, 4) is 0 Å². The zero-order valence-corrected chi connectivity index (χ0v) is 19.2. The molecule has 0 saturated carbocycles. The number of aliphatic hydroxyl groups is 1. The van der Waals surface area contributed by atoms with Gasteiger partial charge in [-0.1, -0.05) is 37.2 Å². The topological polar surface area (TPSA) is 67.2 Å². The molecule has 2 aliphatic rings. The lowest BCUT2D eigenvalue weighted by Crippen LogP contribution is -2.38. The summed E-state index contributed by atoms with van der Waals surface area (Å²) >= 11 is 0. The van der Waals surface area contributed by atoms with Crippen molar-refractivity contribution in [2.24, 2.45) is 5.16 Å². The average molecular weight is 428 g/mol. The van der Waals surface area contributed by atoms with Gasteiger partial charge in [0.25, 0.3) is 0 Å². The number of oxime groups is 1. The molecule has 6 nitrogen and oxygen atoms in total. The molecular weight excluding hydrogens is 390 g/mol. The highest BCUT2D eigenvalue weighted by molar-refractivity contribution is 5.81. The quantitative estimate of drug-likeness (QED) is 0.351. The summed E-state index contributed by atoms with van der Waals surface area (Å²) in [6, 6.07) is 2.36. The molecule has 3 rings (SSSR count). The van der Waals surface area contributed by atoms with E-state index in [2.05, 4.69) is 36.5 Å². The van der Waals surface area contributed by atoms with Crippen LogP contribution >= 0.6 is 0 Å². The highest BCUT2D eigenvalue weighted by atomic mass is 16.7. The Bertz CT molecular complexity index is 805. The van der Waals surface area contributed by atoms with Gasteiger partial charge in [-0.3, -0.25) is 9.88 Å². The summed E-state index contributed by atoms with van der Waals surface area (Å²) < 4.78 is 5.83. The number of aryl methyl sites for hydroxylation is 2. The maximum absolute atomic E-state index is 9.61. The van der Waals surface area contributed by atoms with E-state index in [0.717, 1.165) is 57.5 Å². The number of rotatable bonds is 10. The molecule has 3 atom stereocenters. The minimum atomic E-state index is -0.404. The Kier molecular flexibility index (Phi) is 8.81. The molecule has 0 amide bonds. The molecule has 0 radical (unpaired) electrons. The lowest BCUT2D eigenvalue weighted by Gasteiger charge is -2.30. The van der Waals surface area contributed by atoms with Crippen LogP contribution in [0.4, 0.5) is 0 Å². The van der Waals surface area contributed by atoms with Gasteiger partial charge in [-0.05, 0) is 43.4 Å². The lowest BCUT2D eigenvalue weighted by molar-refractivity contribution is -0.100. The van der Waals surface area contributed by atoms with Gasteiger partial charge >= 0.3 is 0 Å². The van der Waals surface area contributed by atoms with E-state index in [-0.39, 0.29) is 18.8 Å². The number of fused-ring (bicyclic) bond motifs is 1. The molecule has 1 aromatic heterocycles. The largest absolute Gasteiger partial charge is 0.394 e. The third-order valence-electron chi connectivity index (χ3n) is 6.06. The maximum atomic E-state index is 9.61. The molecule has 0 saturated heterocycles. The fourth-order valence-corrected chi connectivity index (χ4v) is 4.19. The van der Waals surface area contributed by atoms with Crippen LogP contribution < -0.4 is 0 Å². The molecule has 1 aromatic rings. The molecule has 0 aromatic carbocycles. The minimum Gasteiger partial charge on any atom is -0.394 e. The number of hydrogen-bond acceptors (Lipinski definition) is 6. The molecule has 170 valence electrons. The lowest BCUT2D eigenvalue weighted by atomic mass is 9.99. The fraction of sp³-hybridized carbons (Fsp3) is 0.600. The summed E-state index contributed by atoms with van der Waals surface area (Å²) in [6.45, 7) is 12.9. The van der Waals surface area contributed by atoms with Crippen molar-refractivity contribution in [1.29, 1.82) is 0 Å². The van der Waals surface area contributed by atoms with Crippen LogP contribution in [0.1, 0.15) is 56.1 Å². The Labute approximate surface area is 186 Å². The number of aromatic nitrogens is 1. The standard InChI is InChI=1S/C25H37N3O3/c1-5-8-21-9-10-24(25(17-29)30-21)31-27-18(4)11-13-28-14-12-23-20(16-28)15-19(6-2)22(7-3)26-23/h5,9-10,15,21,24-25,29H,1,6-8,11-14,16-17H2,2-4H3/t21-,24+,25-/m1/s1. The van der Waals surface area contributed by atoms with Gasteiger partial charge in [0.1, 0.15) is 6.10 Å². The number of nitrogens with zero attached hydrogens (tertiary/aromatic N) is 3. The third kappa shape index (κ3) is 6.25. The van der Waals surface area contributed by atoms with E-state index in [9.17, 15) is 5.11 Å². The van der Waals surface area contributed by atoms with Crippen LogP contribution in [0.5, 0.6) is 0 Å². The van der Waals surface area contributed by atoms with Crippen molar-refractivity contribution in [2.75, 3.05) is 19.7 Å². The fourth-order valence-electron chi connectivity index (χ4n) is 4.19. The summed E-state index contributed by atoms with van der Waals surface area (Å²) in [4.78, 5) is 13.1. The van der Waals surface area contributed by atoms with E-state index in [1.54, 1.807) is 0 Å². The summed E-state index contributed by atoms with van der Waals surface area (Å²) in [7, 11) is 0. The molecule has 31 heavy (non-hydrogen) atoms. The van der Waals surface area contributed by atoms with Gasteiger partial charge in [0.15, 0.2) is 6.10 Å². The van der Waals surface area contributed by atoms with Crippen LogP contribution in [0.2, 0.25) is 0 Å². The first-order valence-corrected chi connectivity index (χ1v) is 11.6. The zero-order valence-electron chi connectivity index (χ0n) is 19.2. The molecule has 0 unspecified atom stereocenters. The molecule has 2 aliphatic heterocycles. The predicted molar refractivity (Wildman–Crippen MR) is 124 cm³/mol. The van der Waals surface area contributed by atoms with Crippen molar-refractivity contribution in [3.05, 3.63) is 53.4 Å². The second-order valence-corrected chi connectivity index (χ2v) is 8.38. The van der Waals surface area contributed by atoms with Gasteiger partial charge < -0.3 is 14.7 Å². The first-order valence-electron chi connectivity index (χ1n) is 11.6. The minimum absolute atomic E-state index is 0.0577. The molecule has 0 fully saturated rings. The maximum Gasteiger partial charge on any atom is 0.174 e. The smallest absolute Gasteiger partial charge is 0.174 e. The van der Waals surface area contributed by atoms with Crippen LogP contribution in [0.15, 0.2) is 36.0 Å². The second kappa shape index (κ2) is 11.6. The molecule has 0 aliphatic carbocycles. The van der Waals surface area contributed by atoms with Crippen LogP contribution in [-0.2, 0) is 35.4 Å². The van der Waals surface area contributed by atoms with Gasteiger partial charge in [-0.15, -0.1) is 6.58 Å². The summed E-state index contributed by atoms with van der Waals surface area (Å²) in [5.74, 6) is 0. The van der Waals surface area contributed by atoms with Gasteiger partial charge in [0.05, 0.1) is 18.4 Å². The van der Waals surface area contributed by atoms with Crippen LogP contribution in [0, 0.1) is 0 Å². The monoisotopic (exact) mass is 427 g/mol. The Morgan fingerprint density at radius 1 is 1.39 bits per heavy atom. The first kappa shape index (κ1) is 23.6. The summed E-state index contributed by atoms with van der Waals surface area (Å²) in [5.41, 5.74) is 6.22. The Morgan fingerprint density at radius 3 is 2.94 bits per heavy atom. The average Bonchev–Trinajstić information content (AvgIpc) is 2.80. The van der Waals surface area contributed by atoms with Gasteiger partial charge in [-0.2, -0.15) is 0 Å². The van der Waals surface area contributed by atoms with E-state index in [1.165, 1.54) is 22.5 Å². The van der Waals surface area contributed by atoms with Crippen LogP contribution in [0.3, 0.4) is 0 Å². The van der Waals surface area contributed by atoms with Gasteiger partial charge in [-0.25, -0.2) is 0 Å². The third-order valence-corrected chi connectivity index (χ3v) is 6.06. The Balaban J connectivity index is 1.52. The Morgan fingerprint density at radius 2 is 2.23 bits per heavy atom. The molecule has 6 heteroatoms. The molecule has 1 N–H and O–H groups in total.